The van der Waals surface area contributed by atoms with Gasteiger partial charge in [0.1, 0.15) is 12.4 Å². The van der Waals surface area contributed by atoms with E-state index in [2.05, 4.69) is 68.4 Å². The lowest BCUT2D eigenvalue weighted by Gasteiger charge is -2.21. The molecule has 3 rings (SSSR count). The molecular formula is C26H30O2. The van der Waals surface area contributed by atoms with E-state index in [0.717, 1.165) is 29.7 Å². The van der Waals surface area contributed by atoms with Gasteiger partial charge >= 0.3 is 0 Å². The second kappa shape index (κ2) is 10.1. The molecule has 0 spiro atoms. The smallest absolute Gasteiger partial charge is 0.119 e. The highest BCUT2D eigenvalue weighted by molar-refractivity contribution is 5.29. The van der Waals surface area contributed by atoms with Crippen LogP contribution in [0.1, 0.15) is 60.8 Å². The van der Waals surface area contributed by atoms with Gasteiger partial charge in [0.2, 0.25) is 0 Å². The molecule has 0 bridgehead atoms. The normalized spacial score (nSPS) is 13.1. The lowest BCUT2D eigenvalue weighted by molar-refractivity contribution is 0.280. The van der Waals surface area contributed by atoms with Gasteiger partial charge < -0.3 is 9.84 Å². The van der Waals surface area contributed by atoms with Gasteiger partial charge in [-0.1, -0.05) is 80.6 Å². The number of benzene rings is 3. The van der Waals surface area contributed by atoms with Crippen molar-refractivity contribution in [3.05, 3.63) is 101 Å². The standard InChI is InChI=1S/C26H30O2/c1-3-23(25-7-5-4-6-8-25)17-20(2)24-13-9-22(10-14-24)19-28-26-15-11-21(18-27)12-16-26/h4-16,20,23,27H,3,17-19H2,1-2H3. The van der Waals surface area contributed by atoms with E-state index >= 15 is 0 Å². The molecule has 0 saturated heterocycles. The summed E-state index contributed by atoms with van der Waals surface area (Å²) in [6.07, 6.45) is 2.32. The van der Waals surface area contributed by atoms with Crippen LogP contribution < -0.4 is 4.74 Å². The first-order valence-corrected chi connectivity index (χ1v) is 10.2. The zero-order valence-electron chi connectivity index (χ0n) is 16.8. The Labute approximate surface area is 168 Å². The molecular weight excluding hydrogens is 344 g/mol. The maximum atomic E-state index is 9.10. The van der Waals surface area contributed by atoms with Crippen LogP contribution in [0.25, 0.3) is 0 Å². The summed E-state index contributed by atoms with van der Waals surface area (Å²) >= 11 is 0. The van der Waals surface area contributed by atoms with E-state index in [-0.39, 0.29) is 6.61 Å². The highest BCUT2D eigenvalue weighted by Crippen LogP contribution is 2.32. The van der Waals surface area contributed by atoms with Gasteiger partial charge in [0, 0.05) is 0 Å². The highest BCUT2D eigenvalue weighted by atomic mass is 16.5. The van der Waals surface area contributed by atoms with Crippen molar-refractivity contribution in [2.24, 2.45) is 0 Å². The van der Waals surface area contributed by atoms with Crippen molar-refractivity contribution in [3.63, 3.8) is 0 Å². The highest BCUT2D eigenvalue weighted by Gasteiger charge is 2.15. The molecule has 146 valence electrons. The second-order valence-electron chi connectivity index (χ2n) is 7.48. The molecule has 0 amide bonds. The van der Waals surface area contributed by atoms with E-state index in [0.29, 0.717) is 18.4 Å². The van der Waals surface area contributed by atoms with E-state index in [1.165, 1.54) is 11.1 Å². The predicted molar refractivity (Wildman–Crippen MR) is 116 cm³/mol. The van der Waals surface area contributed by atoms with Gasteiger partial charge in [0.15, 0.2) is 0 Å². The van der Waals surface area contributed by atoms with Crippen LogP contribution >= 0.6 is 0 Å². The van der Waals surface area contributed by atoms with Crippen LogP contribution in [0.4, 0.5) is 0 Å². The van der Waals surface area contributed by atoms with Gasteiger partial charge in [-0.15, -0.1) is 0 Å². The molecule has 0 heterocycles. The molecule has 0 fully saturated rings. The summed E-state index contributed by atoms with van der Waals surface area (Å²) in [7, 11) is 0. The summed E-state index contributed by atoms with van der Waals surface area (Å²) in [5.74, 6) is 1.94. The number of hydrogen-bond acceptors (Lipinski definition) is 2. The fraction of sp³-hybridized carbons (Fsp3) is 0.308. The van der Waals surface area contributed by atoms with E-state index < -0.39 is 0 Å². The third-order valence-electron chi connectivity index (χ3n) is 5.46. The average Bonchev–Trinajstić information content (AvgIpc) is 2.77. The summed E-state index contributed by atoms with van der Waals surface area (Å²) in [5.41, 5.74) is 4.88. The van der Waals surface area contributed by atoms with Crippen molar-refractivity contribution >= 4 is 0 Å². The summed E-state index contributed by atoms with van der Waals surface area (Å²) in [5, 5.41) is 9.10. The van der Waals surface area contributed by atoms with Crippen molar-refractivity contribution < 1.29 is 9.84 Å². The van der Waals surface area contributed by atoms with E-state index in [1.807, 2.05) is 24.3 Å². The fourth-order valence-electron chi connectivity index (χ4n) is 3.63. The lowest BCUT2D eigenvalue weighted by Crippen LogP contribution is -2.04. The Morgan fingerprint density at radius 2 is 1.43 bits per heavy atom. The van der Waals surface area contributed by atoms with Crippen LogP contribution in [-0.4, -0.2) is 5.11 Å². The molecule has 0 saturated carbocycles. The first-order chi connectivity index (χ1) is 13.7. The monoisotopic (exact) mass is 374 g/mol. The van der Waals surface area contributed by atoms with Crippen LogP contribution in [0.5, 0.6) is 5.75 Å². The third kappa shape index (κ3) is 5.46. The summed E-state index contributed by atoms with van der Waals surface area (Å²) in [4.78, 5) is 0. The Bertz CT molecular complexity index is 823. The van der Waals surface area contributed by atoms with Gasteiger partial charge in [-0.25, -0.2) is 0 Å². The van der Waals surface area contributed by atoms with Crippen molar-refractivity contribution in [1.29, 1.82) is 0 Å². The van der Waals surface area contributed by atoms with Gasteiger partial charge in [-0.2, -0.15) is 0 Å². The first kappa shape index (κ1) is 20.2. The Balaban J connectivity index is 1.56. The molecule has 28 heavy (non-hydrogen) atoms. The summed E-state index contributed by atoms with van der Waals surface area (Å²) in [6, 6.07) is 27.2. The topological polar surface area (TPSA) is 29.5 Å². The van der Waals surface area contributed by atoms with Gasteiger partial charge in [-0.05, 0) is 59.1 Å². The molecule has 0 radical (unpaired) electrons. The first-order valence-electron chi connectivity index (χ1n) is 10.2. The summed E-state index contributed by atoms with van der Waals surface area (Å²) < 4.78 is 5.85. The van der Waals surface area contributed by atoms with Crippen LogP contribution in [-0.2, 0) is 13.2 Å². The SMILES string of the molecule is CCC(CC(C)c1ccc(COc2ccc(CO)cc2)cc1)c1ccccc1. The predicted octanol–water partition coefficient (Wildman–Crippen LogP) is 6.45. The number of aliphatic hydroxyl groups is 1. The van der Waals surface area contributed by atoms with Crippen molar-refractivity contribution in [2.45, 2.75) is 51.7 Å². The van der Waals surface area contributed by atoms with Crippen LogP contribution in [0.2, 0.25) is 0 Å². The Morgan fingerprint density at radius 1 is 0.786 bits per heavy atom. The Morgan fingerprint density at radius 3 is 2.04 bits per heavy atom. The van der Waals surface area contributed by atoms with Crippen molar-refractivity contribution in [2.75, 3.05) is 0 Å². The lowest BCUT2D eigenvalue weighted by atomic mass is 9.84. The van der Waals surface area contributed by atoms with Crippen LogP contribution in [0.3, 0.4) is 0 Å². The maximum Gasteiger partial charge on any atom is 0.119 e. The molecule has 2 unspecified atom stereocenters. The fourth-order valence-corrected chi connectivity index (χ4v) is 3.63. The van der Waals surface area contributed by atoms with Gasteiger partial charge in [-0.3, -0.25) is 0 Å². The molecule has 0 aromatic heterocycles. The molecule has 3 aromatic carbocycles. The quantitative estimate of drug-likeness (QED) is 0.467. The average molecular weight is 375 g/mol. The number of ether oxygens (including phenoxy) is 1. The molecule has 1 N–H and O–H groups in total. The van der Waals surface area contributed by atoms with Crippen LogP contribution in [0.15, 0.2) is 78.9 Å². The molecule has 2 atom stereocenters. The number of aliphatic hydroxyl groups excluding tert-OH is 1. The molecule has 2 nitrogen and oxygen atoms in total. The van der Waals surface area contributed by atoms with E-state index in [4.69, 9.17) is 9.84 Å². The molecule has 0 aliphatic heterocycles. The number of hydrogen-bond donors (Lipinski definition) is 1. The van der Waals surface area contributed by atoms with Crippen LogP contribution in [0, 0.1) is 0 Å². The van der Waals surface area contributed by atoms with Crippen molar-refractivity contribution in [1.82, 2.24) is 0 Å². The molecule has 3 aromatic rings. The largest absolute Gasteiger partial charge is 0.489 e. The minimum Gasteiger partial charge on any atom is -0.489 e. The third-order valence-corrected chi connectivity index (χ3v) is 5.46. The Hall–Kier alpha value is -2.58. The minimum atomic E-state index is 0.0586. The minimum absolute atomic E-state index is 0.0586. The molecule has 0 aliphatic rings. The van der Waals surface area contributed by atoms with Gasteiger partial charge in [0.25, 0.3) is 0 Å². The Kier molecular flexibility index (Phi) is 7.27. The summed E-state index contributed by atoms with van der Waals surface area (Å²) in [6.45, 7) is 5.20. The van der Waals surface area contributed by atoms with E-state index in [1.54, 1.807) is 0 Å². The maximum absolute atomic E-state index is 9.10. The molecule has 2 heteroatoms. The zero-order chi connectivity index (χ0) is 19.8. The molecule has 0 aliphatic carbocycles. The van der Waals surface area contributed by atoms with E-state index in [9.17, 15) is 0 Å². The number of rotatable bonds is 9. The van der Waals surface area contributed by atoms with Gasteiger partial charge in [0.05, 0.1) is 6.61 Å². The second-order valence-corrected chi connectivity index (χ2v) is 7.48. The zero-order valence-corrected chi connectivity index (χ0v) is 16.8. The van der Waals surface area contributed by atoms with Crippen molar-refractivity contribution in [3.8, 4) is 5.75 Å².